The first-order valence-corrected chi connectivity index (χ1v) is 6.82. The molecule has 1 amide bonds. The number of amides is 1. The molecule has 5 heteroatoms. The van der Waals surface area contributed by atoms with Crippen LogP contribution in [0.3, 0.4) is 0 Å². The van der Waals surface area contributed by atoms with Gasteiger partial charge in [-0.1, -0.05) is 30.3 Å². The largest absolute Gasteiger partial charge is 0.460 e. The number of esters is 1. The molecule has 0 saturated carbocycles. The summed E-state index contributed by atoms with van der Waals surface area (Å²) in [6.07, 6.45) is 2.90. The van der Waals surface area contributed by atoms with Crippen LogP contribution in [0.15, 0.2) is 35.9 Å². The quantitative estimate of drug-likeness (QED) is 0.469. The van der Waals surface area contributed by atoms with Crippen LogP contribution in [0.1, 0.15) is 18.4 Å². The molecule has 5 nitrogen and oxygen atoms in total. The minimum Gasteiger partial charge on any atom is -0.460 e. The Balaban J connectivity index is 1.88. The fourth-order valence-corrected chi connectivity index (χ4v) is 2.12. The predicted octanol–water partition coefficient (Wildman–Crippen LogP) is 1.76. The molecule has 0 aliphatic carbocycles. The molecule has 0 N–H and O–H groups in total. The van der Waals surface area contributed by atoms with E-state index in [1.807, 2.05) is 24.3 Å². The lowest BCUT2D eigenvalue weighted by atomic mass is 10.1. The Morgan fingerprint density at radius 3 is 2.76 bits per heavy atom. The standard InChI is InChI=1S/C16H16N2O3/c17-12-14(11-13-5-2-1-3-6-13)16(20)21-10-9-18-8-4-7-15(18)19/h1-3,5-6,11H,4,7-10H2. The summed E-state index contributed by atoms with van der Waals surface area (Å²) >= 11 is 0. The van der Waals surface area contributed by atoms with Gasteiger partial charge in [-0.2, -0.15) is 5.26 Å². The highest BCUT2D eigenvalue weighted by atomic mass is 16.5. The number of rotatable bonds is 5. The molecular weight excluding hydrogens is 268 g/mol. The SMILES string of the molecule is N#CC(=Cc1ccccc1)C(=O)OCCN1CCCC1=O. The number of benzene rings is 1. The molecule has 1 aliphatic heterocycles. The number of nitrogens with zero attached hydrogens (tertiary/aromatic N) is 2. The number of likely N-dealkylation sites (tertiary alicyclic amines) is 1. The van der Waals surface area contributed by atoms with E-state index in [1.54, 1.807) is 17.0 Å². The van der Waals surface area contributed by atoms with Gasteiger partial charge in [0.2, 0.25) is 5.91 Å². The van der Waals surface area contributed by atoms with E-state index in [9.17, 15) is 9.59 Å². The molecule has 0 spiro atoms. The van der Waals surface area contributed by atoms with E-state index >= 15 is 0 Å². The molecule has 1 aliphatic rings. The Labute approximate surface area is 123 Å². The van der Waals surface area contributed by atoms with Crippen molar-refractivity contribution < 1.29 is 14.3 Å². The highest BCUT2D eigenvalue weighted by Crippen LogP contribution is 2.10. The van der Waals surface area contributed by atoms with E-state index in [-0.39, 0.29) is 18.1 Å². The van der Waals surface area contributed by atoms with E-state index in [2.05, 4.69) is 0 Å². The molecule has 1 fully saturated rings. The van der Waals surface area contributed by atoms with Gasteiger partial charge >= 0.3 is 5.97 Å². The third kappa shape index (κ3) is 4.18. The van der Waals surface area contributed by atoms with Gasteiger partial charge in [0, 0.05) is 13.0 Å². The predicted molar refractivity (Wildman–Crippen MR) is 76.8 cm³/mol. The Hall–Kier alpha value is -2.61. The highest BCUT2D eigenvalue weighted by molar-refractivity contribution is 5.97. The number of nitriles is 1. The number of hydrogen-bond acceptors (Lipinski definition) is 4. The molecule has 21 heavy (non-hydrogen) atoms. The van der Waals surface area contributed by atoms with Crippen molar-refractivity contribution in [2.24, 2.45) is 0 Å². The Bertz CT molecular complexity index is 587. The first-order valence-electron chi connectivity index (χ1n) is 6.82. The summed E-state index contributed by atoms with van der Waals surface area (Å²) in [7, 11) is 0. The van der Waals surface area contributed by atoms with Crippen LogP contribution in [0.25, 0.3) is 6.08 Å². The monoisotopic (exact) mass is 284 g/mol. The van der Waals surface area contributed by atoms with Crippen LogP contribution in [0.4, 0.5) is 0 Å². The second-order valence-corrected chi connectivity index (χ2v) is 4.70. The second kappa shape index (κ2) is 7.25. The molecule has 0 atom stereocenters. The third-order valence-corrected chi connectivity index (χ3v) is 3.22. The maximum absolute atomic E-state index is 11.8. The highest BCUT2D eigenvalue weighted by Gasteiger charge is 2.20. The van der Waals surface area contributed by atoms with Crippen molar-refractivity contribution in [1.29, 1.82) is 5.26 Å². The first kappa shape index (κ1) is 14.8. The van der Waals surface area contributed by atoms with Gasteiger partial charge in [-0.15, -0.1) is 0 Å². The fraction of sp³-hybridized carbons (Fsp3) is 0.312. The molecule has 0 bridgehead atoms. The van der Waals surface area contributed by atoms with Crippen LogP contribution >= 0.6 is 0 Å². The van der Waals surface area contributed by atoms with Gasteiger partial charge in [0.25, 0.3) is 0 Å². The molecule has 1 aromatic carbocycles. The molecule has 0 radical (unpaired) electrons. The van der Waals surface area contributed by atoms with Gasteiger partial charge in [0.1, 0.15) is 18.2 Å². The topological polar surface area (TPSA) is 70.4 Å². The van der Waals surface area contributed by atoms with Crippen molar-refractivity contribution in [3.05, 3.63) is 41.5 Å². The normalized spacial score (nSPS) is 14.9. The zero-order valence-electron chi connectivity index (χ0n) is 11.6. The smallest absolute Gasteiger partial charge is 0.348 e. The Kier molecular flexibility index (Phi) is 5.10. The van der Waals surface area contributed by atoms with Crippen LogP contribution in [-0.2, 0) is 14.3 Å². The van der Waals surface area contributed by atoms with Gasteiger partial charge in [0.15, 0.2) is 0 Å². The van der Waals surface area contributed by atoms with Crippen LogP contribution in [0.2, 0.25) is 0 Å². The van der Waals surface area contributed by atoms with E-state index in [0.717, 1.165) is 12.0 Å². The van der Waals surface area contributed by atoms with Crippen molar-refractivity contribution in [3.63, 3.8) is 0 Å². The first-order chi connectivity index (χ1) is 10.2. The number of ether oxygens (including phenoxy) is 1. The van der Waals surface area contributed by atoms with Gasteiger partial charge in [-0.05, 0) is 18.1 Å². The van der Waals surface area contributed by atoms with Crippen molar-refractivity contribution in [3.8, 4) is 6.07 Å². The molecule has 1 saturated heterocycles. The molecule has 2 rings (SSSR count). The second-order valence-electron chi connectivity index (χ2n) is 4.70. The van der Waals surface area contributed by atoms with Crippen LogP contribution < -0.4 is 0 Å². The van der Waals surface area contributed by atoms with Gasteiger partial charge in [0.05, 0.1) is 6.54 Å². The average molecular weight is 284 g/mol. The molecule has 1 aromatic rings. The molecule has 0 unspecified atom stereocenters. The van der Waals surface area contributed by atoms with Gasteiger partial charge in [-0.25, -0.2) is 4.79 Å². The lowest BCUT2D eigenvalue weighted by Crippen LogP contribution is -2.29. The van der Waals surface area contributed by atoms with E-state index in [0.29, 0.717) is 19.5 Å². The fourth-order valence-electron chi connectivity index (χ4n) is 2.12. The lowest BCUT2D eigenvalue weighted by Gasteiger charge is -2.14. The van der Waals surface area contributed by atoms with Crippen LogP contribution in [0, 0.1) is 11.3 Å². The summed E-state index contributed by atoms with van der Waals surface area (Å²) in [4.78, 5) is 24.9. The minimum absolute atomic E-state index is 0.0473. The summed E-state index contributed by atoms with van der Waals surface area (Å²) in [6.45, 7) is 1.20. The van der Waals surface area contributed by atoms with Gasteiger partial charge < -0.3 is 9.64 Å². The lowest BCUT2D eigenvalue weighted by molar-refractivity contribution is -0.140. The van der Waals surface area contributed by atoms with Crippen LogP contribution in [-0.4, -0.2) is 36.5 Å². The molecule has 0 aromatic heterocycles. The summed E-state index contributed by atoms with van der Waals surface area (Å²) < 4.78 is 5.05. The van der Waals surface area contributed by atoms with E-state index < -0.39 is 5.97 Å². The maximum Gasteiger partial charge on any atom is 0.348 e. The molecule has 1 heterocycles. The molecular formula is C16H16N2O3. The summed E-state index contributed by atoms with van der Waals surface area (Å²) in [5, 5.41) is 9.03. The zero-order chi connectivity index (χ0) is 15.1. The Morgan fingerprint density at radius 1 is 1.38 bits per heavy atom. The maximum atomic E-state index is 11.8. The number of hydrogen-bond donors (Lipinski definition) is 0. The van der Waals surface area contributed by atoms with Crippen molar-refractivity contribution in [2.75, 3.05) is 19.7 Å². The number of carbonyl (C=O) groups excluding carboxylic acids is 2. The summed E-state index contributed by atoms with van der Waals surface area (Å²) in [6, 6.07) is 10.9. The van der Waals surface area contributed by atoms with Gasteiger partial charge in [-0.3, -0.25) is 4.79 Å². The van der Waals surface area contributed by atoms with E-state index in [1.165, 1.54) is 6.08 Å². The van der Waals surface area contributed by atoms with Crippen LogP contribution in [0.5, 0.6) is 0 Å². The van der Waals surface area contributed by atoms with Crippen molar-refractivity contribution in [1.82, 2.24) is 4.90 Å². The average Bonchev–Trinajstić information content (AvgIpc) is 2.91. The molecule has 108 valence electrons. The Morgan fingerprint density at radius 2 is 2.14 bits per heavy atom. The number of carbonyl (C=O) groups is 2. The van der Waals surface area contributed by atoms with Crippen molar-refractivity contribution in [2.45, 2.75) is 12.8 Å². The van der Waals surface area contributed by atoms with Crippen molar-refractivity contribution >= 4 is 18.0 Å². The summed E-state index contributed by atoms with van der Waals surface area (Å²) in [5.74, 6) is -0.570. The third-order valence-electron chi connectivity index (χ3n) is 3.22. The zero-order valence-corrected chi connectivity index (χ0v) is 11.6. The minimum atomic E-state index is -0.659. The van der Waals surface area contributed by atoms with E-state index in [4.69, 9.17) is 10.00 Å². The summed E-state index contributed by atoms with van der Waals surface area (Å²) in [5.41, 5.74) is 0.717.